The molecule has 38 heavy (non-hydrogen) atoms. The predicted molar refractivity (Wildman–Crippen MR) is 161 cm³/mol. The Balaban J connectivity index is 0.000000211. The molecule has 0 bridgehead atoms. The molecular weight excluding hydrogens is 511 g/mol. The third-order valence-electron chi connectivity index (χ3n) is 6.36. The first kappa shape index (κ1) is 29.8. The molecule has 0 fully saturated rings. The van der Waals surface area contributed by atoms with Crippen molar-refractivity contribution in [2.24, 2.45) is 0 Å². The van der Waals surface area contributed by atoms with E-state index in [1.807, 2.05) is 60.9 Å². The summed E-state index contributed by atoms with van der Waals surface area (Å²) in [5.74, 6) is 0.640. The summed E-state index contributed by atoms with van der Waals surface area (Å²) in [6.45, 7) is 2.06. The zero-order chi connectivity index (χ0) is 27.3. The van der Waals surface area contributed by atoms with Gasteiger partial charge in [0.15, 0.2) is 0 Å². The van der Waals surface area contributed by atoms with Crippen LogP contribution in [0.25, 0.3) is 0 Å². The number of nitrogens with zero attached hydrogens (tertiary/aromatic N) is 4. The molecular formula is C32H38Cl2N4. The maximum absolute atomic E-state index is 5.97. The summed E-state index contributed by atoms with van der Waals surface area (Å²) >= 11 is 11.9. The Labute approximate surface area is 238 Å². The van der Waals surface area contributed by atoms with Crippen LogP contribution in [-0.4, -0.2) is 61.0 Å². The van der Waals surface area contributed by atoms with Crippen molar-refractivity contribution in [3.8, 4) is 0 Å². The number of rotatable bonds is 10. The van der Waals surface area contributed by atoms with Gasteiger partial charge in [-0.1, -0.05) is 59.6 Å². The quantitative estimate of drug-likeness (QED) is 0.204. The van der Waals surface area contributed by atoms with E-state index in [-0.39, 0.29) is 0 Å². The summed E-state index contributed by atoms with van der Waals surface area (Å²) in [4.78, 5) is 13.4. The molecule has 2 aromatic carbocycles. The number of halogens is 2. The van der Waals surface area contributed by atoms with Crippen LogP contribution in [0, 0.1) is 0 Å². The summed E-state index contributed by atoms with van der Waals surface area (Å²) in [6, 6.07) is 28.3. The van der Waals surface area contributed by atoms with Crippen molar-refractivity contribution in [3.05, 3.63) is 130 Å². The molecule has 0 spiro atoms. The van der Waals surface area contributed by atoms with Crippen molar-refractivity contribution in [1.82, 2.24) is 19.8 Å². The maximum Gasteiger partial charge on any atom is 0.0478 e. The Kier molecular flexibility index (Phi) is 12.2. The lowest BCUT2D eigenvalue weighted by atomic mass is 9.92. The van der Waals surface area contributed by atoms with Crippen molar-refractivity contribution >= 4 is 23.2 Å². The monoisotopic (exact) mass is 548 g/mol. The highest BCUT2D eigenvalue weighted by atomic mass is 35.5. The van der Waals surface area contributed by atoms with Crippen LogP contribution < -0.4 is 0 Å². The Morgan fingerprint density at radius 1 is 0.553 bits per heavy atom. The highest BCUT2D eigenvalue weighted by Crippen LogP contribution is 2.28. The van der Waals surface area contributed by atoms with Gasteiger partial charge in [-0.3, -0.25) is 9.97 Å². The van der Waals surface area contributed by atoms with Gasteiger partial charge in [0.25, 0.3) is 0 Å². The van der Waals surface area contributed by atoms with Crippen LogP contribution >= 0.6 is 23.2 Å². The van der Waals surface area contributed by atoms with E-state index in [0.29, 0.717) is 11.8 Å². The molecule has 0 radical (unpaired) electrons. The molecule has 0 saturated heterocycles. The van der Waals surface area contributed by atoms with Crippen LogP contribution in [0.5, 0.6) is 0 Å². The lowest BCUT2D eigenvalue weighted by Gasteiger charge is -2.19. The van der Waals surface area contributed by atoms with Gasteiger partial charge in [0.1, 0.15) is 0 Å². The van der Waals surface area contributed by atoms with Crippen LogP contribution in [-0.2, 0) is 0 Å². The maximum atomic E-state index is 5.97. The molecule has 0 aliphatic rings. The van der Waals surface area contributed by atoms with Gasteiger partial charge in [0.2, 0.25) is 0 Å². The third kappa shape index (κ3) is 9.85. The van der Waals surface area contributed by atoms with Gasteiger partial charge >= 0.3 is 0 Å². The molecule has 4 nitrogen and oxygen atoms in total. The first-order chi connectivity index (χ1) is 18.3. The number of hydrogen-bond acceptors (Lipinski definition) is 4. The second kappa shape index (κ2) is 15.6. The summed E-state index contributed by atoms with van der Waals surface area (Å²) in [5.41, 5.74) is 4.77. The van der Waals surface area contributed by atoms with Crippen molar-refractivity contribution < 1.29 is 0 Å². The largest absolute Gasteiger partial charge is 0.309 e. The zero-order valence-electron chi connectivity index (χ0n) is 22.8. The molecule has 4 aromatic rings. The molecule has 2 heterocycles. The van der Waals surface area contributed by atoms with E-state index in [0.717, 1.165) is 47.4 Å². The summed E-state index contributed by atoms with van der Waals surface area (Å²) in [5, 5.41) is 1.55. The third-order valence-corrected chi connectivity index (χ3v) is 6.87. The van der Waals surface area contributed by atoms with Gasteiger partial charge in [0.05, 0.1) is 0 Å². The van der Waals surface area contributed by atoms with Crippen molar-refractivity contribution in [2.75, 3.05) is 41.3 Å². The van der Waals surface area contributed by atoms with Gasteiger partial charge in [-0.15, -0.1) is 0 Å². The normalized spacial score (nSPS) is 12.6. The van der Waals surface area contributed by atoms with Crippen LogP contribution in [0.2, 0.25) is 10.0 Å². The van der Waals surface area contributed by atoms with Gasteiger partial charge < -0.3 is 9.80 Å². The minimum absolute atomic E-state index is 0.320. The van der Waals surface area contributed by atoms with Crippen molar-refractivity contribution in [2.45, 2.75) is 24.7 Å². The van der Waals surface area contributed by atoms with Crippen LogP contribution in [0.4, 0.5) is 0 Å². The molecule has 2 atom stereocenters. The average molecular weight is 550 g/mol. The molecule has 4 rings (SSSR count). The van der Waals surface area contributed by atoms with E-state index < -0.39 is 0 Å². The van der Waals surface area contributed by atoms with Gasteiger partial charge in [0, 0.05) is 45.7 Å². The van der Waals surface area contributed by atoms with Gasteiger partial charge in [-0.25, -0.2) is 0 Å². The second-order valence-corrected chi connectivity index (χ2v) is 10.8. The Bertz CT molecular complexity index is 1080. The highest BCUT2D eigenvalue weighted by molar-refractivity contribution is 6.30. The van der Waals surface area contributed by atoms with E-state index in [1.54, 1.807) is 0 Å². The standard InChI is InChI=1S/2C16H19ClN2/c2*1-19(2)12-10-15(16-5-3-4-11-18-16)13-6-8-14(17)9-7-13/h2*3-9,11,15H,10,12H2,1-2H3/t2*15-/m00/s1. The predicted octanol–water partition coefficient (Wildman–Crippen LogP) is 7.64. The second-order valence-electron chi connectivity index (χ2n) is 9.90. The van der Waals surface area contributed by atoms with Gasteiger partial charge in [-0.2, -0.15) is 0 Å². The number of pyridine rings is 2. The fourth-order valence-electron chi connectivity index (χ4n) is 4.30. The highest BCUT2D eigenvalue weighted by Gasteiger charge is 2.16. The van der Waals surface area contributed by atoms with E-state index in [1.165, 1.54) is 11.1 Å². The van der Waals surface area contributed by atoms with E-state index in [4.69, 9.17) is 23.2 Å². The van der Waals surface area contributed by atoms with Crippen LogP contribution in [0.15, 0.2) is 97.3 Å². The lowest BCUT2D eigenvalue weighted by Crippen LogP contribution is -2.17. The minimum atomic E-state index is 0.320. The Morgan fingerprint density at radius 3 is 1.21 bits per heavy atom. The molecule has 0 aliphatic heterocycles. The first-order valence-corrected chi connectivity index (χ1v) is 13.7. The van der Waals surface area contributed by atoms with Crippen molar-refractivity contribution in [3.63, 3.8) is 0 Å². The fourth-order valence-corrected chi connectivity index (χ4v) is 4.55. The summed E-state index contributed by atoms with van der Waals surface area (Å²) in [7, 11) is 8.38. The van der Waals surface area contributed by atoms with Crippen molar-refractivity contribution in [1.29, 1.82) is 0 Å². The molecule has 0 aliphatic carbocycles. The van der Waals surface area contributed by atoms with Crippen LogP contribution in [0.1, 0.15) is 47.2 Å². The first-order valence-electron chi connectivity index (χ1n) is 13.0. The van der Waals surface area contributed by atoms with Crippen LogP contribution in [0.3, 0.4) is 0 Å². The molecule has 200 valence electrons. The molecule has 0 unspecified atom stereocenters. The number of hydrogen-bond donors (Lipinski definition) is 0. The summed E-state index contributed by atoms with van der Waals surface area (Å²) < 4.78 is 0. The summed E-state index contributed by atoms with van der Waals surface area (Å²) in [6.07, 6.45) is 5.80. The minimum Gasteiger partial charge on any atom is -0.309 e. The number of benzene rings is 2. The van der Waals surface area contributed by atoms with E-state index >= 15 is 0 Å². The van der Waals surface area contributed by atoms with E-state index in [9.17, 15) is 0 Å². The smallest absolute Gasteiger partial charge is 0.0478 e. The zero-order valence-corrected chi connectivity index (χ0v) is 24.3. The Hall–Kier alpha value is -2.76. The molecule has 0 saturated carbocycles. The molecule has 6 heteroatoms. The average Bonchev–Trinajstić information content (AvgIpc) is 2.92. The molecule has 0 amide bonds. The lowest BCUT2D eigenvalue weighted by molar-refractivity contribution is 0.389. The SMILES string of the molecule is CN(C)CC[C@@H](c1ccc(Cl)cc1)c1ccccn1.CN(C)CC[C@@H](c1ccc(Cl)cc1)c1ccccn1. The molecule has 0 N–H and O–H groups in total. The topological polar surface area (TPSA) is 32.3 Å². The molecule has 2 aromatic heterocycles. The Morgan fingerprint density at radius 2 is 0.921 bits per heavy atom. The number of aromatic nitrogens is 2. The van der Waals surface area contributed by atoms with E-state index in [2.05, 4.69) is 84.4 Å². The fraction of sp³-hybridized carbons (Fsp3) is 0.312. The van der Waals surface area contributed by atoms with Gasteiger partial charge in [-0.05, 0) is 114 Å².